The van der Waals surface area contributed by atoms with Crippen LogP contribution >= 0.6 is 0 Å². The molecule has 0 N–H and O–H groups in total. The number of aromatic nitrogens is 1. The van der Waals surface area contributed by atoms with Crippen molar-refractivity contribution in [2.24, 2.45) is 0 Å². The fourth-order valence-corrected chi connectivity index (χ4v) is 1.20. The van der Waals surface area contributed by atoms with Gasteiger partial charge in [-0.2, -0.15) is 0 Å². The van der Waals surface area contributed by atoms with Crippen molar-refractivity contribution in [3.05, 3.63) is 42.3 Å². The maximum Gasteiger partial charge on any atom is 0.226 e. The predicted molar refractivity (Wildman–Crippen MR) is 46.3 cm³/mol. The molecule has 14 heavy (non-hydrogen) atoms. The zero-order valence-electron chi connectivity index (χ0n) is 7.14. The summed E-state index contributed by atoms with van der Waals surface area (Å²) in [6.07, 6.45) is 2.85. The van der Waals surface area contributed by atoms with Crippen molar-refractivity contribution in [1.82, 2.24) is 4.98 Å². The number of hydrogen-bond donors (Lipinski definition) is 0. The van der Waals surface area contributed by atoms with E-state index in [0.29, 0.717) is 5.56 Å². The Morgan fingerprint density at radius 2 is 2.14 bits per heavy atom. The molecule has 1 aromatic heterocycles. The summed E-state index contributed by atoms with van der Waals surface area (Å²) in [5, 5.41) is 10.7. The van der Waals surface area contributed by atoms with E-state index < -0.39 is 5.97 Å². The number of carboxylic acids is 1. The van der Waals surface area contributed by atoms with Crippen LogP contribution in [0.25, 0.3) is 11.5 Å². The monoisotopic (exact) mass is 188 g/mol. The summed E-state index contributed by atoms with van der Waals surface area (Å²) in [6.45, 7) is 0. The third kappa shape index (κ3) is 1.37. The lowest BCUT2D eigenvalue weighted by Gasteiger charge is -2.06. The molecule has 0 fully saturated rings. The van der Waals surface area contributed by atoms with Crippen LogP contribution in [-0.2, 0) is 0 Å². The van der Waals surface area contributed by atoms with E-state index in [1.54, 1.807) is 18.2 Å². The molecule has 0 bridgehead atoms. The molecule has 0 spiro atoms. The zero-order valence-corrected chi connectivity index (χ0v) is 7.14. The van der Waals surface area contributed by atoms with Gasteiger partial charge in [0, 0.05) is 11.1 Å². The Morgan fingerprint density at radius 1 is 1.36 bits per heavy atom. The number of aromatic carboxylic acids is 1. The second-order valence-corrected chi connectivity index (χ2v) is 2.67. The van der Waals surface area contributed by atoms with Crippen LogP contribution in [0.15, 0.2) is 41.1 Å². The molecule has 0 amide bonds. The molecule has 0 aliphatic carbocycles. The molecule has 0 radical (unpaired) electrons. The van der Waals surface area contributed by atoms with E-state index in [0.717, 1.165) is 0 Å². The van der Waals surface area contributed by atoms with E-state index in [4.69, 9.17) is 4.42 Å². The lowest BCUT2D eigenvalue weighted by Crippen LogP contribution is -2.22. The second-order valence-electron chi connectivity index (χ2n) is 2.67. The highest BCUT2D eigenvalue weighted by Gasteiger charge is 2.08. The quantitative estimate of drug-likeness (QED) is 0.695. The van der Waals surface area contributed by atoms with Gasteiger partial charge in [0.25, 0.3) is 0 Å². The molecule has 0 saturated heterocycles. The average molecular weight is 188 g/mol. The van der Waals surface area contributed by atoms with Gasteiger partial charge in [-0.3, -0.25) is 0 Å². The Balaban J connectivity index is 2.58. The molecule has 70 valence electrons. The first-order chi connectivity index (χ1) is 6.79. The Morgan fingerprint density at radius 3 is 2.79 bits per heavy atom. The van der Waals surface area contributed by atoms with E-state index in [9.17, 15) is 9.90 Å². The van der Waals surface area contributed by atoms with Crippen LogP contribution in [0.1, 0.15) is 10.4 Å². The SMILES string of the molecule is O=C([O-])c1ccccc1-c1ncco1. The highest BCUT2D eigenvalue weighted by molar-refractivity contribution is 5.93. The van der Waals surface area contributed by atoms with Crippen molar-refractivity contribution in [1.29, 1.82) is 0 Å². The molecule has 4 nitrogen and oxygen atoms in total. The Bertz CT molecular complexity index is 448. The molecule has 0 atom stereocenters. The highest BCUT2D eigenvalue weighted by Crippen LogP contribution is 2.20. The van der Waals surface area contributed by atoms with Crippen molar-refractivity contribution in [3.63, 3.8) is 0 Å². The van der Waals surface area contributed by atoms with E-state index in [1.807, 2.05) is 0 Å². The fourth-order valence-electron chi connectivity index (χ4n) is 1.20. The molecule has 2 rings (SSSR count). The fraction of sp³-hybridized carbons (Fsp3) is 0. The number of carbonyl (C=O) groups is 1. The van der Waals surface area contributed by atoms with Crippen LogP contribution < -0.4 is 5.11 Å². The molecule has 0 saturated carbocycles. The number of carbonyl (C=O) groups excluding carboxylic acids is 1. The molecular weight excluding hydrogens is 182 g/mol. The minimum absolute atomic E-state index is 0.0787. The number of hydrogen-bond acceptors (Lipinski definition) is 4. The number of rotatable bonds is 2. The van der Waals surface area contributed by atoms with E-state index in [2.05, 4.69) is 4.98 Å². The van der Waals surface area contributed by atoms with Crippen LogP contribution in [0, 0.1) is 0 Å². The van der Waals surface area contributed by atoms with E-state index >= 15 is 0 Å². The van der Waals surface area contributed by atoms with Crippen LogP contribution in [0.5, 0.6) is 0 Å². The molecule has 1 aromatic carbocycles. The summed E-state index contributed by atoms with van der Waals surface area (Å²) in [4.78, 5) is 14.6. The normalized spacial score (nSPS) is 10.0. The summed E-state index contributed by atoms with van der Waals surface area (Å²) in [7, 11) is 0. The first-order valence-corrected chi connectivity index (χ1v) is 3.99. The van der Waals surface area contributed by atoms with Gasteiger partial charge in [0.15, 0.2) is 0 Å². The standard InChI is InChI=1S/C10H7NO3/c12-10(13)8-4-2-1-3-7(8)9-11-5-6-14-9/h1-6H,(H,12,13)/p-1. The first-order valence-electron chi connectivity index (χ1n) is 3.99. The van der Waals surface area contributed by atoms with Gasteiger partial charge in [-0.25, -0.2) is 4.98 Å². The first kappa shape index (κ1) is 8.50. The Hall–Kier alpha value is -2.10. The van der Waals surface area contributed by atoms with Gasteiger partial charge in [0.1, 0.15) is 6.26 Å². The predicted octanol–water partition coefficient (Wildman–Crippen LogP) is 0.705. The zero-order chi connectivity index (χ0) is 9.97. The summed E-state index contributed by atoms with van der Waals surface area (Å²) < 4.78 is 5.01. The van der Waals surface area contributed by atoms with Crippen LogP contribution in [-0.4, -0.2) is 11.0 Å². The van der Waals surface area contributed by atoms with Gasteiger partial charge in [0.05, 0.1) is 12.2 Å². The van der Waals surface area contributed by atoms with Crippen molar-refractivity contribution in [2.45, 2.75) is 0 Å². The lowest BCUT2D eigenvalue weighted by molar-refractivity contribution is -0.254. The van der Waals surface area contributed by atoms with Crippen LogP contribution in [0.2, 0.25) is 0 Å². The largest absolute Gasteiger partial charge is 0.545 e. The van der Waals surface area contributed by atoms with Gasteiger partial charge in [0.2, 0.25) is 5.89 Å². The third-order valence-corrected chi connectivity index (χ3v) is 1.81. The molecule has 1 heterocycles. The topological polar surface area (TPSA) is 66.2 Å². The minimum Gasteiger partial charge on any atom is -0.545 e. The Kier molecular flexibility index (Phi) is 2.02. The number of benzene rings is 1. The summed E-state index contributed by atoms with van der Waals surface area (Å²) in [5.41, 5.74) is 0.507. The molecule has 0 aliphatic rings. The van der Waals surface area contributed by atoms with Gasteiger partial charge in [-0.05, 0) is 6.07 Å². The smallest absolute Gasteiger partial charge is 0.226 e. The van der Waals surface area contributed by atoms with Gasteiger partial charge in [-0.15, -0.1) is 0 Å². The molecule has 0 unspecified atom stereocenters. The molecular formula is C10H6NO3-. The van der Waals surface area contributed by atoms with E-state index in [-0.39, 0.29) is 11.5 Å². The third-order valence-electron chi connectivity index (χ3n) is 1.81. The van der Waals surface area contributed by atoms with Crippen molar-refractivity contribution in [3.8, 4) is 11.5 Å². The lowest BCUT2D eigenvalue weighted by atomic mass is 10.1. The summed E-state index contributed by atoms with van der Waals surface area (Å²) in [5.74, 6) is -0.955. The molecule has 2 aromatic rings. The average Bonchev–Trinajstić information content (AvgIpc) is 2.70. The highest BCUT2D eigenvalue weighted by atomic mass is 16.4. The van der Waals surface area contributed by atoms with Gasteiger partial charge >= 0.3 is 0 Å². The van der Waals surface area contributed by atoms with Crippen molar-refractivity contribution < 1.29 is 14.3 Å². The van der Waals surface area contributed by atoms with Gasteiger partial charge in [-0.1, -0.05) is 18.2 Å². The minimum atomic E-state index is -1.24. The second kappa shape index (κ2) is 3.33. The van der Waals surface area contributed by atoms with Crippen molar-refractivity contribution in [2.75, 3.05) is 0 Å². The summed E-state index contributed by atoms with van der Waals surface area (Å²) in [6, 6.07) is 6.41. The van der Waals surface area contributed by atoms with Crippen molar-refractivity contribution >= 4 is 5.97 Å². The van der Waals surface area contributed by atoms with Gasteiger partial charge < -0.3 is 14.3 Å². The maximum absolute atomic E-state index is 10.7. The van der Waals surface area contributed by atoms with Crippen LogP contribution in [0.4, 0.5) is 0 Å². The van der Waals surface area contributed by atoms with Crippen LogP contribution in [0.3, 0.4) is 0 Å². The number of carboxylic acid groups (broad SMARTS) is 1. The molecule has 4 heteroatoms. The molecule has 0 aliphatic heterocycles. The Labute approximate surface area is 79.8 Å². The maximum atomic E-state index is 10.7. The van der Waals surface area contributed by atoms with E-state index in [1.165, 1.54) is 18.5 Å². The summed E-state index contributed by atoms with van der Waals surface area (Å²) >= 11 is 0. The number of nitrogens with zero attached hydrogens (tertiary/aromatic N) is 1. The number of oxazole rings is 1.